The van der Waals surface area contributed by atoms with E-state index in [1.807, 2.05) is 20.8 Å². The summed E-state index contributed by atoms with van der Waals surface area (Å²) >= 11 is 0. The van der Waals surface area contributed by atoms with Crippen LogP contribution in [0.4, 0.5) is 0 Å². The molecule has 1 unspecified atom stereocenters. The van der Waals surface area contributed by atoms with Gasteiger partial charge < -0.3 is 19.4 Å². The highest BCUT2D eigenvalue weighted by molar-refractivity contribution is 6.69. The second-order valence-corrected chi connectivity index (χ2v) is 7.26. The first-order valence-corrected chi connectivity index (χ1v) is 9.37. The third-order valence-electron chi connectivity index (χ3n) is 3.55. The summed E-state index contributed by atoms with van der Waals surface area (Å²) in [6.07, 6.45) is 2.06. The van der Waals surface area contributed by atoms with Crippen LogP contribution in [0.5, 0.6) is 0 Å². The van der Waals surface area contributed by atoms with Crippen LogP contribution in [0.3, 0.4) is 0 Å². The molecule has 4 nitrogen and oxygen atoms in total. The Bertz CT molecular complexity index is 265. The summed E-state index contributed by atoms with van der Waals surface area (Å²) < 4.78 is 18.0. The molecular weight excluding hydrogens is 270 g/mol. The summed E-state index contributed by atoms with van der Waals surface area (Å²) in [4.78, 5) is 0. The van der Waals surface area contributed by atoms with Gasteiger partial charge >= 0.3 is 8.80 Å². The van der Waals surface area contributed by atoms with Crippen molar-refractivity contribution >= 4 is 8.80 Å². The van der Waals surface area contributed by atoms with Gasteiger partial charge in [0.15, 0.2) is 0 Å². The van der Waals surface area contributed by atoms with Crippen molar-refractivity contribution in [1.82, 2.24) is 6.15 Å². The van der Waals surface area contributed by atoms with E-state index >= 15 is 0 Å². The highest BCUT2D eigenvalue weighted by Gasteiger charge is 2.45. The van der Waals surface area contributed by atoms with Crippen molar-refractivity contribution in [3.05, 3.63) is 10.8 Å². The molecule has 0 aromatic carbocycles. The lowest BCUT2D eigenvalue weighted by atomic mass is 9.99. The standard InChI is InChI=1S/C15H32O3Si.H3N/c1-8-13(6)14(7)15(9-2)19(16-10-3,17-11-4)18-12-5;/h13H,8-12H2,1-7H3;1H3. The molecule has 0 amide bonds. The van der Waals surface area contributed by atoms with E-state index in [-0.39, 0.29) is 6.15 Å². The monoisotopic (exact) mass is 305 g/mol. The smallest absolute Gasteiger partial charge is 0.370 e. The zero-order valence-corrected chi connectivity index (χ0v) is 15.5. The van der Waals surface area contributed by atoms with Gasteiger partial charge in [-0.3, -0.25) is 0 Å². The molecule has 1 atom stereocenters. The average Bonchev–Trinajstić information content (AvgIpc) is 2.39. The molecule has 0 aromatic rings. The Morgan fingerprint density at radius 2 is 1.30 bits per heavy atom. The van der Waals surface area contributed by atoms with Gasteiger partial charge in [-0.15, -0.1) is 0 Å². The molecule has 0 aromatic heterocycles. The Kier molecular flexibility index (Phi) is 12.6. The van der Waals surface area contributed by atoms with Gasteiger partial charge in [-0.25, -0.2) is 0 Å². The molecule has 0 radical (unpaired) electrons. The van der Waals surface area contributed by atoms with Gasteiger partial charge in [0, 0.05) is 19.8 Å². The molecule has 5 heteroatoms. The minimum Gasteiger partial charge on any atom is -0.370 e. The molecule has 3 N–H and O–H groups in total. The molecule has 0 saturated heterocycles. The summed E-state index contributed by atoms with van der Waals surface area (Å²) in [5.74, 6) is 0.545. The Labute approximate surface area is 126 Å². The van der Waals surface area contributed by atoms with E-state index in [1.54, 1.807) is 0 Å². The van der Waals surface area contributed by atoms with Crippen LogP contribution >= 0.6 is 0 Å². The van der Waals surface area contributed by atoms with Gasteiger partial charge in [0.1, 0.15) is 0 Å². The van der Waals surface area contributed by atoms with Crippen LogP contribution in [-0.4, -0.2) is 28.6 Å². The largest absolute Gasteiger partial charge is 0.532 e. The van der Waals surface area contributed by atoms with E-state index in [2.05, 4.69) is 27.7 Å². The predicted octanol–water partition coefficient (Wildman–Crippen LogP) is 4.51. The van der Waals surface area contributed by atoms with E-state index in [0.29, 0.717) is 25.7 Å². The van der Waals surface area contributed by atoms with E-state index in [0.717, 1.165) is 12.8 Å². The van der Waals surface area contributed by atoms with E-state index < -0.39 is 8.80 Å². The number of hydrogen-bond donors (Lipinski definition) is 1. The van der Waals surface area contributed by atoms with Crippen LogP contribution in [0.1, 0.15) is 61.3 Å². The maximum atomic E-state index is 6.02. The molecule has 0 fully saturated rings. The van der Waals surface area contributed by atoms with Crippen molar-refractivity contribution in [3.8, 4) is 0 Å². The van der Waals surface area contributed by atoms with Crippen molar-refractivity contribution in [2.75, 3.05) is 19.8 Å². The topological polar surface area (TPSA) is 62.7 Å². The van der Waals surface area contributed by atoms with Crippen molar-refractivity contribution in [1.29, 1.82) is 0 Å². The van der Waals surface area contributed by atoms with Crippen LogP contribution in [-0.2, 0) is 13.3 Å². The van der Waals surface area contributed by atoms with Crippen LogP contribution in [0.25, 0.3) is 0 Å². The second kappa shape index (κ2) is 11.5. The molecule has 0 heterocycles. The van der Waals surface area contributed by atoms with Crippen molar-refractivity contribution in [3.63, 3.8) is 0 Å². The first kappa shape index (κ1) is 22.1. The molecule has 0 aliphatic rings. The second-order valence-electron chi connectivity index (χ2n) is 4.68. The predicted molar refractivity (Wildman–Crippen MR) is 88.1 cm³/mol. The fourth-order valence-corrected chi connectivity index (χ4v) is 5.37. The maximum Gasteiger partial charge on any atom is 0.532 e. The maximum absolute atomic E-state index is 6.02. The molecule has 0 aliphatic carbocycles. The van der Waals surface area contributed by atoms with E-state index in [4.69, 9.17) is 13.3 Å². The van der Waals surface area contributed by atoms with E-state index in [1.165, 1.54) is 10.8 Å². The quantitative estimate of drug-likeness (QED) is 0.603. The summed E-state index contributed by atoms with van der Waals surface area (Å²) in [6.45, 7) is 16.7. The minimum atomic E-state index is -2.69. The lowest BCUT2D eigenvalue weighted by Gasteiger charge is -2.32. The molecule has 122 valence electrons. The number of hydrogen-bond acceptors (Lipinski definition) is 4. The fraction of sp³-hybridized carbons (Fsp3) is 0.867. The van der Waals surface area contributed by atoms with Crippen LogP contribution in [0.15, 0.2) is 10.8 Å². The Hall–Kier alpha value is -0.203. The molecule has 0 aliphatic heterocycles. The third kappa shape index (κ3) is 5.66. The van der Waals surface area contributed by atoms with Gasteiger partial charge in [0.05, 0.1) is 0 Å². The minimum absolute atomic E-state index is 0. The van der Waals surface area contributed by atoms with Crippen LogP contribution in [0.2, 0.25) is 0 Å². The molecule has 0 bridgehead atoms. The van der Waals surface area contributed by atoms with Gasteiger partial charge in [-0.2, -0.15) is 0 Å². The molecule has 0 saturated carbocycles. The Morgan fingerprint density at radius 1 is 0.900 bits per heavy atom. The van der Waals surface area contributed by atoms with E-state index in [9.17, 15) is 0 Å². The van der Waals surface area contributed by atoms with Crippen LogP contribution < -0.4 is 6.15 Å². The zero-order chi connectivity index (χ0) is 14.9. The van der Waals surface area contributed by atoms with Crippen molar-refractivity contribution < 1.29 is 13.3 Å². The molecule has 0 rings (SSSR count). The normalized spacial score (nSPS) is 14.6. The Balaban J connectivity index is 0. The highest BCUT2D eigenvalue weighted by Crippen LogP contribution is 2.30. The summed E-state index contributed by atoms with van der Waals surface area (Å²) in [5.41, 5.74) is 1.38. The zero-order valence-electron chi connectivity index (χ0n) is 14.5. The van der Waals surface area contributed by atoms with Gasteiger partial charge in [0.25, 0.3) is 0 Å². The third-order valence-corrected chi connectivity index (χ3v) is 7.05. The number of allylic oxidation sites excluding steroid dienone is 2. The first-order chi connectivity index (χ1) is 9.02. The summed E-state index contributed by atoms with van der Waals surface area (Å²) in [5, 5.41) is 1.27. The van der Waals surface area contributed by atoms with Gasteiger partial charge in [-0.05, 0) is 51.7 Å². The first-order valence-electron chi connectivity index (χ1n) is 7.64. The van der Waals surface area contributed by atoms with Gasteiger partial charge in [0.2, 0.25) is 0 Å². The fourth-order valence-electron chi connectivity index (χ4n) is 2.30. The number of rotatable bonds is 10. The molecule has 20 heavy (non-hydrogen) atoms. The molecular formula is C15H35NO3Si. The van der Waals surface area contributed by atoms with Crippen LogP contribution in [0, 0.1) is 5.92 Å². The average molecular weight is 306 g/mol. The lowest BCUT2D eigenvalue weighted by Crippen LogP contribution is -2.49. The van der Waals surface area contributed by atoms with Gasteiger partial charge in [-0.1, -0.05) is 26.3 Å². The molecule has 0 spiro atoms. The highest BCUT2D eigenvalue weighted by atomic mass is 28.4. The SMILES string of the molecule is CCO[Si](OCC)(OCC)C(CC)=C(C)C(C)CC.N. The van der Waals surface area contributed by atoms with Crippen molar-refractivity contribution in [2.24, 2.45) is 5.92 Å². The lowest BCUT2D eigenvalue weighted by molar-refractivity contribution is 0.0794. The van der Waals surface area contributed by atoms with Crippen molar-refractivity contribution in [2.45, 2.75) is 61.3 Å². The Morgan fingerprint density at radius 3 is 1.55 bits per heavy atom. The summed E-state index contributed by atoms with van der Waals surface area (Å²) in [6, 6.07) is 0. The summed E-state index contributed by atoms with van der Waals surface area (Å²) in [7, 11) is -2.69.